The number of carbonyl (C=O) groups is 7. The third kappa shape index (κ3) is 13.5. The van der Waals surface area contributed by atoms with Gasteiger partial charge in [0.25, 0.3) is 0 Å². The van der Waals surface area contributed by atoms with Crippen LogP contribution in [0.15, 0.2) is 0 Å². The summed E-state index contributed by atoms with van der Waals surface area (Å²) in [5.74, 6) is -8.05. The predicted octanol–water partition coefficient (Wildman–Crippen LogP) is -2.50. The van der Waals surface area contributed by atoms with Gasteiger partial charge in [-0.2, -0.15) is 0 Å². The van der Waals surface area contributed by atoms with E-state index in [1.807, 2.05) is 19.2 Å². The number of carboxylic acids is 3. The Hall–Kier alpha value is -3.75. The first-order chi connectivity index (χ1) is 16.1. The number of hydrogen-bond donors (Lipinski definition) is 8. The number of nitrogens with two attached hydrogens (primary N) is 2. The van der Waals surface area contributed by atoms with Crippen molar-refractivity contribution in [1.82, 2.24) is 16.0 Å². The molecule has 0 heterocycles. The second-order valence-corrected chi connectivity index (χ2v) is 8.29. The number of amides is 4. The minimum absolute atomic E-state index is 0.0609. The molecule has 4 unspecified atom stereocenters. The lowest BCUT2D eigenvalue weighted by Gasteiger charge is -2.25. The molecule has 0 rings (SSSR count). The molecule has 0 aromatic rings. The summed E-state index contributed by atoms with van der Waals surface area (Å²) in [5.41, 5.74) is 10.9. The van der Waals surface area contributed by atoms with Crippen molar-refractivity contribution in [2.45, 2.75) is 76.5 Å². The van der Waals surface area contributed by atoms with Crippen LogP contribution in [-0.2, 0) is 33.6 Å². The SMILES string of the molecule is CC(C)CC(N)C(=O)NC(CCC(N)=O)C(=O)NC(CCC(=O)O)C(=O)NC(CC(=O)O)C(=O)O. The highest BCUT2D eigenvalue weighted by Crippen LogP contribution is 2.07. The Morgan fingerprint density at radius 2 is 1.17 bits per heavy atom. The van der Waals surface area contributed by atoms with Crippen molar-refractivity contribution in [2.75, 3.05) is 0 Å². The van der Waals surface area contributed by atoms with Gasteiger partial charge < -0.3 is 42.7 Å². The molecule has 4 amide bonds. The van der Waals surface area contributed by atoms with Crippen LogP contribution in [0.5, 0.6) is 0 Å². The van der Waals surface area contributed by atoms with Gasteiger partial charge in [-0.3, -0.25) is 28.8 Å². The summed E-state index contributed by atoms with van der Waals surface area (Å²) in [5, 5.41) is 33.4. The van der Waals surface area contributed by atoms with Crippen molar-refractivity contribution in [3.05, 3.63) is 0 Å². The second-order valence-electron chi connectivity index (χ2n) is 8.29. The summed E-state index contributed by atoms with van der Waals surface area (Å²) >= 11 is 0. The lowest BCUT2D eigenvalue weighted by atomic mass is 10.0. The van der Waals surface area contributed by atoms with Gasteiger partial charge in [0, 0.05) is 12.8 Å². The number of rotatable bonds is 17. The second kappa shape index (κ2) is 15.2. The number of hydrogen-bond acceptors (Lipinski definition) is 8. The largest absolute Gasteiger partial charge is 0.481 e. The van der Waals surface area contributed by atoms with E-state index in [-0.39, 0.29) is 18.8 Å². The summed E-state index contributed by atoms with van der Waals surface area (Å²) in [6.45, 7) is 3.65. The van der Waals surface area contributed by atoms with E-state index in [0.717, 1.165) is 0 Å². The van der Waals surface area contributed by atoms with Crippen molar-refractivity contribution in [1.29, 1.82) is 0 Å². The van der Waals surface area contributed by atoms with E-state index in [2.05, 4.69) is 10.6 Å². The molecule has 35 heavy (non-hydrogen) atoms. The molecule has 0 aromatic heterocycles. The van der Waals surface area contributed by atoms with Gasteiger partial charge in [0.2, 0.25) is 23.6 Å². The molecule has 15 nitrogen and oxygen atoms in total. The van der Waals surface area contributed by atoms with Gasteiger partial charge in [-0.15, -0.1) is 0 Å². The third-order valence-electron chi connectivity index (χ3n) is 4.65. The zero-order valence-corrected chi connectivity index (χ0v) is 19.5. The molecular weight excluding hydrogens is 470 g/mol. The zero-order chi connectivity index (χ0) is 27.3. The number of nitrogens with one attached hydrogen (secondary N) is 3. The first-order valence-corrected chi connectivity index (χ1v) is 10.7. The number of primary amides is 1. The van der Waals surface area contributed by atoms with Gasteiger partial charge in [0.15, 0.2) is 0 Å². The van der Waals surface area contributed by atoms with Gasteiger partial charge in [0.05, 0.1) is 12.5 Å². The molecule has 198 valence electrons. The minimum Gasteiger partial charge on any atom is -0.481 e. The molecule has 4 atom stereocenters. The highest BCUT2D eigenvalue weighted by Gasteiger charge is 2.31. The predicted molar refractivity (Wildman–Crippen MR) is 118 cm³/mol. The van der Waals surface area contributed by atoms with Crippen LogP contribution >= 0.6 is 0 Å². The first-order valence-electron chi connectivity index (χ1n) is 10.7. The van der Waals surface area contributed by atoms with E-state index in [9.17, 15) is 33.6 Å². The van der Waals surface area contributed by atoms with Crippen LogP contribution in [0.25, 0.3) is 0 Å². The van der Waals surface area contributed by atoms with Crippen LogP contribution < -0.4 is 27.4 Å². The molecule has 0 aliphatic rings. The Bertz CT molecular complexity index is 816. The number of carboxylic acid groups (broad SMARTS) is 3. The van der Waals surface area contributed by atoms with Gasteiger partial charge in [-0.05, 0) is 25.2 Å². The Balaban J connectivity index is 5.65. The summed E-state index contributed by atoms with van der Waals surface area (Å²) in [4.78, 5) is 82.0. The third-order valence-corrected chi connectivity index (χ3v) is 4.65. The standard InChI is InChI=1S/C20H33N5O10/c1-9(2)7-10(21)17(31)23-11(3-5-14(22)26)18(32)24-12(4-6-15(27)28)19(33)25-13(20(34)35)8-16(29)30/h9-13H,3-8,21H2,1-2H3,(H2,22,26)(H,23,31)(H,24,32)(H,25,33)(H,27,28)(H,29,30)(H,34,35). The highest BCUT2D eigenvalue weighted by atomic mass is 16.4. The normalized spacial score (nSPS) is 14.2. The fraction of sp³-hybridized carbons (Fsp3) is 0.650. The molecule has 15 heteroatoms. The molecular formula is C20H33N5O10. The van der Waals surface area contributed by atoms with Gasteiger partial charge >= 0.3 is 17.9 Å². The highest BCUT2D eigenvalue weighted by molar-refractivity contribution is 5.95. The summed E-state index contributed by atoms with van der Waals surface area (Å²) in [6, 6.07) is -5.78. The van der Waals surface area contributed by atoms with E-state index in [4.69, 9.17) is 26.8 Å². The van der Waals surface area contributed by atoms with Crippen LogP contribution in [0, 0.1) is 5.92 Å². The molecule has 0 fully saturated rings. The van der Waals surface area contributed by atoms with E-state index in [1.165, 1.54) is 0 Å². The first kappa shape index (κ1) is 31.2. The molecule has 10 N–H and O–H groups in total. The monoisotopic (exact) mass is 503 g/mol. The van der Waals surface area contributed by atoms with Crippen molar-refractivity contribution in [3.63, 3.8) is 0 Å². The number of carbonyl (C=O) groups excluding carboxylic acids is 4. The van der Waals surface area contributed by atoms with E-state index in [0.29, 0.717) is 6.42 Å². The molecule has 0 saturated carbocycles. The minimum atomic E-state index is -1.84. The van der Waals surface area contributed by atoms with Crippen LogP contribution in [0.1, 0.15) is 52.4 Å². The Morgan fingerprint density at radius 3 is 1.57 bits per heavy atom. The average Bonchev–Trinajstić information content (AvgIpc) is 2.71. The van der Waals surface area contributed by atoms with Gasteiger partial charge in [-0.25, -0.2) is 4.79 Å². The maximum absolute atomic E-state index is 12.8. The Kier molecular flexibility index (Phi) is 13.6. The fourth-order valence-electron chi connectivity index (χ4n) is 2.91. The lowest BCUT2D eigenvalue weighted by molar-refractivity contribution is -0.147. The molecule has 0 aromatic carbocycles. The van der Waals surface area contributed by atoms with Crippen LogP contribution in [0.2, 0.25) is 0 Å². The molecule has 0 aliphatic carbocycles. The smallest absolute Gasteiger partial charge is 0.326 e. The topological polar surface area (TPSA) is 268 Å². The van der Waals surface area contributed by atoms with E-state index < -0.39 is 85.0 Å². The molecule has 0 aliphatic heterocycles. The van der Waals surface area contributed by atoms with E-state index in [1.54, 1.807) is 0 Å². The Labute approximate surface area is 201 Å². The molecule has 0 bridgehead atoms. The summed E-state index contributed by atoms with van der Waals surface area (Å²) < 4.78 is 0. The quantitative estimate of drug-likeness (QED) is 0.103. The molecule has 0 saturated heterocycles. The van der Waals surface area contributed by atoms with Crippen molar-refractivity contribution >= 4 is 41.5 Å². The number of aliphatic carboxylic acids is 3. The average molecular weight is 504 g/mol. The van der Waals surface area contributed by atoms with Gasteiger partial charge in [0.1, 0.15) is 18.1 Å². The summed E-state index contributed by atoms with van der Waals surface area (Å²) in [6.07, 6.45) is -2.33. The lowest BCUT2D eigenvalue weighted by Crippen LogP contribution is -2.57. The van der Waals surface area contributed by atoms with Crippen molar-refractivity contribution in [3.8, 4) is 0 Å². The van der Waals surface area contributed by atoms with Crippen molar-refractivity contribution in [2.24, 2.45) is 17.4 Å². The zero-order valence-electron chi connectivity index (χ0n) is 19.5. The summed E-state index contributed by atoms with van der Waals surface area (Å²) in [7, 11) is 0. The molecule has 0 spiro atoms. The maximum atomic E-state index is 12.8. The van der Waals surface area contributed by atoms with Crippen LogP contribution in [0.3, 0.4) is 0 Å². The van der Waals surface area contributed by atoms with Crippen LogP contribution in [0.4, 0.5) is 0 Å². The van der Waals surface area contributed by atoms with Crippen LogP contribution in [-0.4, -0.2) is 81.0 Å². The Morgan fingerprint density at radius 1 is 0.714 bits per heavy atom. The van der Waals surface area contributed by atoms with Gasteiger partial charge in [-0.1, -0.05) is 13.8 Å². The molecule has 0 radical (unpaired) electrons. The fourth-order valence-corrected chi connectivity index (χ4v) is 2.91. The van der Waals surface area contributed by atoms with E-state index >= 15 is 0 Å². The van der Waals surface area contributed by atoms with Crippen molar-refractivity contribution < 1.29 is 48.9 Å². The maximum Gasteiger partial charge on any atom is 0.326 e.